The van der Waals surface area contributed by atoms with Gasteiger partial charge in [0.1, 0.15) is 6.61 Å². The summed E-state index contributed by atoms with van der Waals surface area (Å²) in [6, 6.07) is 8.62. The van der Waals surface area contributed by atoms with E-state index in [0.717, 1.165) is 4.90 Å². The largest absolute Gasteiger partial charge is 0.481 e. The number of carbonyl (C=O) groups is 4. The number of hydrogen-bond acceptors (Lipinski definition) is 7. The van der Waals surface area contributed by atoms with Crippen molar-refractivity contribution in [3.63, 3.8) is 0 Å². The second kappa shape index (κ2) is 10.6. The molecule has 0 radical (unpaired) electrons. The summed E-state index contributed by atoms with van der Waals surface area (Å²) in [5.74, 6) is -4.07. The van der Waals surface area contributed by atoms with Crippen LogP contribution in [0.1, 0.15) is 39.2 Å². The van der Waals surface area contributed by atoms with Gasteiger partial charge in [-0.15, -0.1) is 0 Å². The molecule has 4 N–H and O–H groups in total. The molecule has 0 aliphatic heterocycles. The fraction of sp³-hybridized carbons (Fsp3) is 0.391. The van der Waals surface area contributed by atoms with Gasteiger partial charge in [0.05, 0.1) is 18.2 Å². The van der Waals surface area contributed by atoms with Crippen LogP contribution in [-0.4, -0.2) is 45.6 Å². The molecule has 0 bridgehead atoms. The highest BCUT2D eigenvalue weighted by Gasteiger charge is 2.57. The van der Waals surface area contributed by atoms with E-state index in [-0.39, 0.29) is 18.7 Å². The number of ketones is 1. The van der Waals surface area contributed by atoms with E-state index in [1.165, 1.54) is 22.8 Å². The maximum Gasteiger partial charge on any atom is 0.416 e. The van der Waals surface area contributed by atoms with E-state index < -0.39 is 47.2 Å². The van der Waals surface area contributed by atoms with E-state index in [1.807, 2.05) is 0 Å². The molecule has 2 aromatic rings. The van der Waals surface area contributed by atoms with Crippen molar-refractivity contribution in [2.45, 2.75) is 51.8 Å². The van der Waals surface area contributed by atoms with E-state index >= 15 is 0 Å². The number of nitrogens with zero attached hydrogens (tertiary/aromatic N) is 1. The number of anilines is 1. The van der Waals surface area contributed by atoms with Crippen molar-refractivity contribution in [2.75, 3.05) is 4.90 Å². The van der Waals surface area contributed by atoms with Gasteiger partial charge >= 0.3 is 18.0 Å². The van der Waals surface area contributed by atoms with Crippen molar-refractivity contribution < 1.29 is 34.1 Å². The summed E-state index contributed by atoms with van der Waals surface area (Å²) >= 11 is 1.20. The summed E-state index contributed by atoms with van der Waals surface area (Å²) in [6.45, 7) is 4.98. The first-order valence-electron chi connectivity index (χ1n) is 10.2. The maximum absolute atomic E-state index is 13.5. The minimum absolute atomic E-state index is 0.139. The molecule has 2 rings (SSSR count). The number of amides is 1. The summed E-state index contributed by atoms with van der Waals surface area (Å²) in [7, 11) is 0. The average molecular weight is 477 g/mol. The lowest BCUT2D eigenvalue weighted by atomic mass is 9.74. The predicted octanol–water partition coefficient (Wildman–Crippen LogP) is 3.52. The molecule has 0 spiro atoms. The van der Waals surface area contributed by atoms with Crippen LogP contribution in [0.5, 0.6) is 0 Å². The highest BCUT2D eigenvalue weighted by atomic mass is 32.1. The topological polar surface area (TPSA) is 147 Å². The minimum Gasteiger partial charge on any atom is -0.481 e. The van der Waals surface area contributed by atoms with Crippen LogP contribution < -0.4 is 10.6 Å². The molecule has 0 saturated heterocycles. The highest BCUT2D eigenvalue weighted by Crippen LogP contribution is 2.38. The molecule has 178 valence electrons. The van der Waals surface area contributed by atoms with Gasteiger partial charge in [0, 0.05) is 5.38 Å². The summed E-state index contributed by atoms with van der Waals surface area (Å²) < 4.78 is 5.41. The van der Waals surface area contributed by atoms with Crippen LogP contribution in [0, 0.1) is 5.41 Å². The number of carbonyl (C=O) groups excluding carboxylic acids is 2. The Kier molecular flexibility index (Phi) is 8.34. The van der Waals surface area contributed by atoms with Crippen LogP contribution in [0.4, 0.5) is 10.5 Å². The summed E-state index contributed by atoms with van der Waals surface area (Å²) in [4.78, 5) is 51.6. The zero-order chi connectivity index (χ0) is 24.8. The van der Waals surface area contributed by atoms with E-state index in [1.54, 1.807) is 56.5 Å². The molecule has 1 aromatic heterocycles. The molecule has 0 fully saturated rings. The van der Waals surface area contributed by atoms with Crippen molar-refractivity contribution in [1.29, 1.82) is 0 Å². The van der Waals surface area contributed by atoms with Gasteiger partial charge in [-0.3, -0.25) is 14.5 Å². The van der Waals surface area contributed by atoms with Crippen molar-refractivity contribution in [3.8, 4) is 0 Å². The van der Waals surface area contributed by atoms with Gasteiger partial charge in [0.25, 0.3) is 0 Å². The molecule has 2 atom stereocenters. The fourth-order valence-corrected chi connectivity index (χ4v) is 4.18. The molecule has 1 amide bonds. The third-order valence-electron chi connectivity index (χ3n) is 4.81. The number of Topliss-reactive ketones (excluding diaryl/α,β-unsaturated/α-hetero) is 1. The zero-order valence-corrected chi connectivity index (χ0v) is 19.5. The summed E-state index contributed by atoms with van der Waals surface area (Å²) in [5, 5.41) is 22.6. The first kappa shape index (κ1) is 26.0. The lowest BCUT2D eigenvalue weighted by Gasteiger charge is -2.42. The third kappa shape index (κ3) is 6.39. The van der Waals surface area contributed by atoms with Crippen molar-refractivity contribution >= 4 is 40.8 Å². The highest BCUT2D eigenvalue weighted by molar-refractivity contribution is 7.08. The quantitative estimate of drug-likeness (QED) is 0.441. The zero-order valence-electron chi connectivity index (χ0n) is 18.7. The third-order valence-corrected chi connectivity index (χ3v) is 5.48. The van der Waals surface area contributed by atoms with Crippen LogP contribution in [0.15, 0.2) is 47.2 Å². The minimum atomic E-state index is -2.48. The number of carboxylic acid groups (broad SMARTS) is 2. The number of aliphatic carboxylic acids is 2. The van der Waals surface area contributed by atoms with E-state index in [9.17, 15) is 24.3 Å². The Bertz CT molecular complexity index is 986. The predicted molar refractivity (Wildman–Crippen MR) is 123 cm³/mol. The lowest BCUT2D eigenvalue weighted by Crippen LogP contribution is -2.67. The molecular formula is C23H28N2O7S. The molecule has 1 heterocycles. The maximum atomic E-state index is 13.5. The normalized spacial score (nSPS) is 14.1. The van der Waals surface area contributed by atoms with Crippen LogP contribution in [-0.2, 0) is 25.7 Å². The van der Waals surface area contributed by atoms with Gasteiger partial charge in [0.2, 0.25) is 5.54 Å². The monoisotopic (exact) mass is 476 g/mol. The molecular weight excluding hydrogens is 448 g/mol. The Morgan fingerprint density at radius 2 is 1.73 bits per heavy atom. The van der Waals surface area contributed by atoms with Gasteiger partial charge in [-0.05, 0) is 28.8 Å². The second-order valence-corrected chi connectivity index (χ2v) is 9.61. The van der Waals surface area contributed by atoms with Crippen LogP contribution in [0.2, 0.25) is 0 Å². The smallest absolute Gasteiger partial charge is 0.416 e. The molecule has 10 heteroatoms. The Morgan fingerprint density at radius 1 is 1.09 bits per heavy atom. The Balaban J connectivity index is 2.61. The Hall–Kier alpha value is -3.24. The Labute approximate surface area is 195 Å². The second-order valence-electron chi connectivity index (χ2n) is 8.83. The number of rotatable bonds is 10. The summed E-state index contributed by atoms with van der Waals surface area (Å²) in [5.41, 5.74) is 3.41. The number of thiophene rings is 1. The van der Waals surface area contributed by atoms with E-state index in [2.05, 4.69) is 0 Å². The van der Waals surface area contributed by atoms with E-state index in [4.69, 9.17) is 15.6 Å². The van der Waals surface area contributed by atoms with Crippen LogP contribution in [0.3, 0.4) is 0 Å². The standard InChI is InChI=1S/C23H28N2O7S/c1-22(2,3)14-23(20(29)30,19(28)17(24)11-18(26)27)25(16-9-10-33-13-16)21(31)32-12-15-7-5-4-6-8-15/h4-10,13,17H,11-12,14,24H2,1-3H3,(H,26,27)(H,29,30)/t17-,23+/m0/s1. The first-order chi connectivity index (χ1) is 15.4. The van der Waals surface area contributed by atoms with Crippen molar-refractivity contribution in [2.24, 2.45) is 11.1 Å². The number of benzene rings is 1. The van der Waals surface area contributed by atoms with Crippen LogP contribution in [0.25, 0.3) is 0 Å². The van der Waals surface area contributed by atoms with Crippen LogP contribution >= 0.6 is 11.3 Å². The van der Waals surface area contributed by atoms with Gasteiger partial charge < -0.3 is 20.7 Å². The SMILES string of the molecule is CC(C)(C)C[C@](C(=O)O)(C(=O)[C@@H](N)CC(=O)O)N(C(=O)OCc1ccccc1)c1ccsc1. The molecule has 1 aromatic carbocycles. The number of nitrogens with two attached hydrogens (primary N) is 1. The summed E-state index contributed by atoms with van der Waals surface area (Å²) in [6.07, 6.45) is -2.16. The molecule has 0 aliphatic carbocycles. The lowest BCUT2D eigenvalue weighted by molar-refractivity contribution is -0.152. The Morgan fingerprint density at radius 3 is 2.21 bits per heavy atom. The number of carboxylic acids is 2. The first-order valence-corrected chi connectivity index (χ1v) is 11.1. The number of hydrogen-bond donors (Lipinski definition) is 3. The van der Waals surface area contributed by atoms with Crippen molar-refractivity contribution in [1.82, 2.24) is 0 Å². The van der Waals surface area contributed by atoms with Gasteiger partial charge in [-0.2, -0.15) is 11.3 Å². The van der Waals surface area contributed by atoms with Gasteiger partial charge in [-0.1, -0.05) is 51.1 Å². The number of ether oxygens (including phenoxy) is 1. The molecule has 9 nitrogen and oxygen atoms in total. The van der Waals surface area contributed by atoms with E-state index in [0.29, 0.717) is 5.56 Å². The molecule has 0 saturated carbocycles. The van der Waals surface area contributed by atoms with Gasteiger partial charge in [-0.25, -0.2) is 9.59 Å². The van der Waals surface area contributed by atoms with Gasteiger partial charge in [0.15, 0.2) is 5.78 Å². The molecule has 0 unspecified atom stereocenters. The average Bonchev–Trinajstić information content (AvgIpc) is 3.24. The molecule has 33 heavy (non-hydrogen) atoms. The van der Waals surface area contributed by atoms with Crippen molar-refractivity contribution in [3.05, 3.63) is 52.7 Å². The molecule has 0 aliphatic rings. The fourth-order valence-electron chi connectivity index (χ4n) is 3.56.